The lowest BCUT2D eigenvalue weighted by Gasteiger charge is -2.18. The maximum atomic E-state index is 12.6. The van der Waals surface area contributed by atoms with Gasteiger partial charge in [0.15, 0.2) is 11.5 Å². The number of rotatable bonds is 7. The summed E-state index contributed by atoms with van der Waals surface area (Å²) in [4.78, 5) is 37.6. The highest BCUT2D eigenvalue weighted by atomic mass is 16.5. The third kappa shape index (κ3) is 4.66. The Morgan fingerprint density at radius 3 is 2.41 bits per heavy atom. The van der Waals surface area contributed by atoms with Crippen molar-refractivity contribution in [2.75, 3.05) is 31.0 Å². The van der Waals surface area contributed by atoms with Crippen LogP contribution in [0.1, 0.15) is 12.0 Å². The van der Waals surface area contributed by atoms with E-state index >= 15 is 0 Å². The molecule has 1 saturated heterocycles. The predicted molar refractivity (Wildman–Crippen MR) is 108 cm³/mol. The van der Waals surface area contributed by atoms with E-state index in [2.05, 4.69) is 5.32 Å². The molecule has 0 bridgehead atoms. The second kappa shape index (κ2) is 8.64. The molecule has 0 spiro atoms. The smallest absolute Gasteiger partial charge is 0.229 e. The van der Waals surface area contributed by atoms with Crippen LogP contribution in [-0.4, -0.2) is 38.5 Å². The van der Waals surface area contributed by atoms with Crippen molar-refractivity contribution < 1.29 is 23.9 Å². The van der Waals surface area contributed by atoms with Crippen molar-refractivity contribution in [2.24, 2.45) is 11.7 Å². The molecule has 0 aromatic heterocycles. The number of nitrogens with two attached hydrogens (primary N) is 1. The summed E-state index contributed by atoms with van der Waals surface area (Å²) in [5.74, 6) is -0.167. The molecule has 8 nitrogen and oxygen atoms in total. The normalized spacial score (nSPS) is 15.9. The number of methoxy groups -OCH3 is 2. The highest BCUT2D eigenvalue weighted by Crippen LogP contribution is 2.34. The third-order valence-corrected chi connectivity index (χ3v) is 4.77. The molecule has 29 heavy (non-hydrogen) atoms. The van der Waals surface area contributed by atoms with E-state index < -0.39 is 11.8 Å². The van der Waals surface area contributed by atoms with Crippen molar-refractivity contribution in [3.8, 4) is 11.5 Å². The van der Waals surface area contributed by atoms with Gasteiger partial charge in [-0.25, -0.2) is 0 Å². The fourth-order valence-electron chi connectivity index (χ4n) is 3.28. The van der Waals surface area contributed by atoms with Crippen LogP contribution >= 0.6 is 0 Å². The van der Waals surface area contributed by atoms with Crippen LogP contribution < -0.4 is 25.4 Å². The Balaban J connectivity index is 1.66. The van der Waals surface area contributed by atoms with Crippen molar-refractivity contribution in [1.82, 2.24) is 0 Å². The van der Waals surface area contributed by atoms with Crippen LogP contribution in [0.5, 0.6) is 11.5 Å². The van der Waals surface area contributed by atoms with Gasteiger partial charge >= 0.3 is 0 Å². The van der Waals surface area contributed by atoms with Gasteiger partial charge in [0.2, 0.25) is 17.7 Å². The average molecular weight is 397 g/mol. The number of amides is 3. The second-order valence-electron chi connectivity index (χ2n) is 6.77. The van der Waals surface area contributed by atoms with Crippen molar-refractivity contribution >= 4 is 29.1 Å². The first-order valence-corrected chi connectivity index (χ1v) is 9.11. The number of nitrogens with zero attached hydrogens (tertiary/aromatic N) is 1. The molecule has 1 aliphatic rings. The first-order valence-electron chi connectivity index (χ1n) is 9.11. The number of nitrogens with one attached hydrogen (secondary N) is 1. The lowest BCUT2D eigenvalue weighted by molar-refractivity contribution is -0.122. The van der Waals surface area contributed by atoms with Gasteiger partial charge in [-0.1, -0.05) is 12.1 Å². The van der Waals surface area contributed by atoms with E-state index in [4.69, 9.17) is 15.2 Å². The Hall–Kier alpha value is -3.55. The largest absolute Gasteiger partial charge is 0.493 e. The molecular weight excluding hydrogens is 374 g/mol. The van der Waals surface area contributed by atoms with Crippen molar-refractivity contribution in [2.45, 2.75) is 12.8 Å². The standard InChI is InChI=1S/C21H23N3O5/c1-28-17-8-7-16(11-18(17)29-2)24-12-14(10-20(24)26)21(27)23-15-5-3-13(4-6-15)9-19(22)25/h3-8,11,14H,9-10,12H2,1-2H3,(H2,22,25)(H,23,27). The molecule has 2 aromatic carbocycles. The van der Waals surface area contributed by atoms with Crippen molar-refractivity contribution in [3.63, 3.8) is 0 Å². The van der Waals surface area contributed by atoms with Crippen LogP contribution in [0, 0.1) is 5.92 Å². The van der Waals surface area contributed by atoms with Crippen molar-refractivity contribution in [3.05, 3.63) is 48.0 Å². The minimum atomic E-state index is -0.471. The maximum Gasteiger partial charge on any atom is 0.229 e. The predicted octanol–water partition coefficient (Wildman–Crippen LogP) is 1.72. The first-order chi connectivity index (χ1) is 13.9. The van der Waals surface area contributed by atoms with Crippen LogP contribution in [-0.2, 0) is 20.8 Å². The van der Waals surface area contributed by atoms with E-state index in [1.165, 1.54) is 7.11 Å². The third-order valence-electron chi connectivity index (χ3n) is 4.77. The van der Waals surface area contributed by atoms with Gasteiger partial charge in [0.1, 0.15) is 0 Å². The lowest BCUT2D eigenvalue weighted by Crippen LogP contribution is -2.28. The summed E-state index contributed by atoms with van der Waals surface area (Å²) in [7, 11) is 3.07. The van der Waals surface area contributed by atoms with Crippen LogP contribution in [0.3, 0.4) is 0 Å². The minimum absolute atomic E-state index is 0.125. The molecule has 3 amide bonds. The quantitative estimate of drug-likeness (QED) is 0.739. The van der Waals surface area contributed by atoms with E-state index in [0.717, 1.165) is 5.56 Å². The zero-order valence-electron chi connectivity index (χ0n) is 16.3. The second-order valence-corrected chi connectivity index (χ2v) is 6.77. The van der Waals surface area contributed by atoms with Crippen LogP contribution in [0.25, 0.3) is 0 Å². The van der Waals surface area contributed by atoms with Crippen molar-refractivity contribution in [1.29, 1.82) is 0 Å². The molecule has 3 rings (SSSR count). The fraction of sp³-hybridized carbons (Fsp3) is 0.286. The fourth-order valence-corrected chi connectivity index (χ4v) is 3.28. The molecule has 1 unspecified atom stereocenters. The average Bonchev–Trinajstić information content (AvgIpc) is 3.10. The topological polar surface area (TPSA) is 111 Å². The van der Waals surface area contributed by atoms with Gasteiger partial charge in [-0.15, -0.1) is 0 Å². The number of primary amides is 1. The zero-order chi connectivity index (χ0) is 21.0. The molecule has 2 aromatic rings. The summed E-state index contributed by atoms with van der Waals surface area (Å²) in [5, 5.41) is 2.82. The number of carbonyl (C=O) groups is 3. The van der Waals surface area contributed by atoms with E-state index in [9.17, 15) is 14.4 Å². The number of hydrogen-bond donors (Lipinski definition) is 2. The molecule has 0 saturated carbocycles. The zero-order valence-corrected chi connectivity index (χ0v) is 16.3. The molecule has 1 heterocycles. The summed E-state index contributed by atoms with van der Waals surface area (Å²) >= 11 is 0. The first kappa shape index (κ1) is 20.2. The summed E-state index contributed by atoms with van der Waals surface area (Å²) in [5.41, 5.74) is 7.19. The SMILES string of the molecule is COc1ccc(N2CC(C(=O)Nc3ccc(CC(N)=O)cc3)CC2=O)cc1OC. The molecule has 1 fully saturated rings. The van der Waals surface area contributed by atoms with E-state index in [0.29, 0.717) is 22.9 Å². The van der Waals surface area contributed by atoms with Crippen LogP contribution in [0.15, 0.2) is 42.5 Å². The van der Waals surface area contributed by atoms with Gasteiger partial charge in [0.25, 0.3) is 0 Å². The Bertz CT molecular complexity index is 926. The van der Waals surface area contributed by atoms with Gasteiger partial charge < -0.3 is 25.4 Å². The highest BCUT2D eigenvalue weighted by molar-refractivity contribution is 6.03. The molecule has 152 valence electrons. The van der Waals surface area contributed by atoms with Crippen LogP contribution in [0.2, 0.25) is 0 Å². The number of ether oxygens (including phenoxy) is 2. The Kier molecular flexibility index (Phi) is 6.01. The van der Waals surface area contributed by atoms with Gasteiger partial charge in [0, 0.05) is 30.4 Å². The lowest BCUT2D eigenvalue weighted by atomic mass is 10.1. The Morgan fingerprint density at radius 1 is 1.10 bits per heavy atom. The molecule has 0 aliphatic carbocycles. The van der Waals surface area contributed by atoms with Crippen LogP contribution in [0.4, 0.5) is 11.4 Å². The van der Waals surface area contributed by atoms with Gasteiger partial charge in [-0.05, 0) is 29.8 Å². The van der Waals surface area contributed by atoms with Gasteiger partial charge in [-0.3, -0.25) is 14.4 Å². The summed E-state index contributed by atoms with van der Waals surface area (Å²) in [6.45, 7) is 0.278. The molecule has 8 heteroatoms. The monoisotopic (exact) mass is 397 g/mol. The Labute approximate surface area is 168 Å². The minimum Gasteiger partial charge on any atom is -0.493 e. The summed E-state index contributed by atoms with van der Waals surface area (Å²) in [6.07, 6.45) is 0.269. The number of anilines is 2. The van der Waals surface area contributed by atoms with Gasteiger partial charge in [0.05, 0.1) is 26.6 Å². The molecule has 0 radical (unpaired) electrons. The molecule has 1 atom stereocenters. The number of carbonyl (C=O) groups excluding carboxylic acids is 3. The van der Waals surface area contributed by atoms with E-state index in [-0.39, 0.29) is 31.2 Å². The van der Waals surface area contributed by atoms with Gasteiger partial charge in [-0.2, -0.15) is 0 Å². The highest BCUT2D eigenvalue weighted by Gasteiger charge is 2.35. The summed E-state index contributed by atoms with van der Waals surface area (Å²) in [6, 6.07) is 12.1. The Morgan fingerprint density at radius 2 is 1.79 bits per heavy atom. The molecule has 3 N–H and O–H groups in total. The van der Waals surface area contributed by atoms with E-state index in [1.807, 2.05) is 0 Å². The molecular formula is C21H23N3O5. The van der Waals surface area contributed by atoms with E-state index in [1.54, 1.807) is 54.5 Å². The number of hydrogen-bond acceptors (Lipinski definition) is 5. The maximum absolute atomic E-state index is 12.6. The summed E-state index contributed by atoms with van der Waals surface area (Å²) < 4.78 is 10.5. The molecule has 1 aliphatic heterocycles. The number of benzene rings is 2.